The minimum Gasteiger partial charge on any atom is -0.352 e. The first kappa shape index (κ1) is 18.7. The average Bonchev–Trinajstić information content (AvgIpc) is 3.23. The number of hydrogen-bond donors (Lipinski definition) is 0. The highest BCUT2D eigenvalue weighted by atomic mass is 15.4. The van der Waals surface area contributed by atoms with Crippen molar-refractivity contribution < 1.29 is 0 Å². The van der Waals surface area contributed by atoms with Gasteiger partial charge in [0.1, 0.15) is 17.5 Å². The predicted molar refractivity (Wildman–Crippen MR) is 115 cm³/mol. The Balaban J connectivity index is 1.39. The van der Waals surface area contributed by atoms with Crippen LogP contribution in [0.1, 0.15) is 32.4 Å². The maximum atomic E-state index is 4.82. The number of fused-ring (bicyclic) bond motifs is 2. The standard InChI is InChI=1S/C20H26N10/c1-12-22-17(14-9-21-28(6)18(14)23-12)27(5)13-10-29(11-13)16-8-7-15-24-25-19(20(2,3)4)30(15)26-16/h7-9,13H,10-11H2,1-6H3. The Morgan fingerprint density at radius 3 is 2.60 bits per heavy atom. The molecular formula is C20H26N10. The van der Waals surface area contributed by atoms with Gasteiger partial charge in [-0.25, -0.2) is 9.97 Å². The minimum atomic E-state index is -0.122. The molecule has 4 aromatic rings. The lowest BCUT2D eigenvalue weighted by molar-refractivity contribution is 0.483. The van der Waals surface area contributed by atoms with Gasteiger partial charge >= 0.3 is 0 Å². The molecule has 0 bridgehead atoms. The molecule has 0 aliphatic carbocycles. The molecule has 5 rings (SSSR count). The number of nitrogens with zero attached hydrogens (tertiary/aromatic N) is 10. The van der Waals surface area contributed by atoms with Gasteiger partial charge in [-0.15, -0.1) is 15.3 Å². The van der Waals surface area contributed by atoms with Crippen LogP contribution in [0.4, 0.5) is 11.6 Å². The summed E-state index contributed by atoms with van der Waals surface area (Å²) in [5.41, 5.74) is 1.51. The van der Waals surface area contributed by atoms with Gasteiger partial charge in [-0.3, -0.25) is 4.68 Å². The molecule has 0 saturated carbocycles. The normalized spacial score (nSPS) is 15.2. The van der Waals surface area contributed by atoms with Crippen LogP contribution in [0.25, 0.3) is 16.7 Å². The van der Waals surface area contributed by atoms with Crippen LogP contribution in [0, 0.1) is 6.92 Å². The summed E-state index contributed by atoms with van der Waals surface area (Å²) in [5.74, 6) is 3.47. The average molecular weight is 406 g/mol. The van der Waals surface area contributed by atoms with E-state index < -0.39 is 0 Å². The van der Waals surface area contributed by atoms with Gasteiger partial charge in [-0.2, -0.15) is 9.61 Å². The molecule has 0 spiro atoms. The molecule has 0 radical (unpaired) electrons. The van der Waals surface area contributed by atoms with Crippen molar-refractivity contribution in [1.29, 1.82) is 0 Å². The third kappa shape index (κ3) is 2.86. The largest absolute Gasteiger partial charge is 0.352 e. The van der Waals surface area contributed by atoms with E-state index in [4.69, 9.17) is 10.1 Å². The lowest BCUT2D eigenvalue weighted by Crippen LogP contribution is -2.59. The van der Waals surface area contributed by atoms with Crippen LogP contribution in [-0.2, 0) is 12.5 Å². The van der Waals surface area contributed by atoms with Crippen LogP contribution in [0.5, 0.6) is 0 Å². The Kier molecular flexibility index (Phi) is 3.96. The molecule has 4 aromatic heterocycles. The van der Waals surface area contributed by atoms with Crippen LogP contribution >= 0.6 is 0 Å². The van der Waals surface area contributed by atoms with Crippen molar-refractivity contribution in [3.05, 3.63) is 30.0 Å². The van der Waals surface area contributed by atoms with Gasteiger partial charge in [0.2, 0.25) is 0 Å². The van der Waals surface area contributed by atoms with Gasteiger partial charge in [0.05, 0.1) is 17.6 Å². The van der Waals surface area contributed by atoms with E-state index in [0.29, 0.717) is 6.04 Å². The first-order valence-electron chi connectivity index (χ1n) is 10.1. The molecule has 0 aromatic carbocycles. The molecule has 0 unspecified atom stereocenters. The molecule has 156 valence electrons. The molecule has 1 aliphatic rings. The van der Waals surface area contributed by atoms with E-state index in [0.717, 1.165) is 53.1 Å². The molecule has 5 heterocycles. The highest BCUT2D eigenvalue weighted by Crippen LogP contribution is 2.29. The van der Waals surface area contributed by atoms with Crippen molar-refractivity contribution in [1.82, 2.24) is 39.6 Å². The third-order valence-electron chi connectivity index (χ3n) is 5.67. The second-order valence-corrected chi connectivity index (χ2v) is 9.00. The van der Waals surface area contributed by atoms with E-state index in [2.05, 4.69) is 57.9 Å². The Labute approximate surface area is 174 Å². The minimum absolute atomic E-state index is 0.122. The number of anilines is 2. The number of aromatic nitrogens is 8. The summed E-state index contributed by atoms with van der Waals surface area (Å²) in [4.78, 5) is 13.7. The van der Waals surface area contributed by atoms with E-state index in [1.165, 1.54) is 0 Å². The van der Waals surface area contributed by atoms with Gasteiger partial charge in [0.25, 0.3) is 0 Å². The van der Waals surface area contributed by atoms with Crippen LogP contribution in [0.3, 0.4) is 0 Å². The zero-order valence-electron chi connectivity index (χ0n) is 18.2. The lowest BCUT2D eigenvalue weighted by atomic mass is 9.96. The first-order valence-corrected chi connectivity index (χ1v) is 10.1. The van der Waals surface area contributed by atoms with Gasteiger partial charge in [0, 0.05) is 32.6 Å². The fourth-order valence-electron chi connectivity index (χ4n) is 3.86. The van der Waals surface area contributed by atoms with Crippen LogP contribution in [0.2, 0.25) is 0 Å². The Hall–Kier alpha value is -3.30. The monoisotopic (exact) mass is 406 g/mol. The van der Waals surface area contributed by atoms with Gasteiger partial charge < -0.3 is 9.80 Å². The van der Waals surface area contributed by atoms with Gasteiger partial charge in [-0.1, -0.05) is 20.8 Å². The van der Waals surface area contributed by atoms with Crippen LogP contribution < -0.4 is 9.80 Å². The summed E-state index contributed by atoms with van der Waals surface area (Å²) < 4.78 is 3.65. The van der Waals surface area contributed by atoms with Gasteiger partial charge in [0.15, 0.2) is 17.1 Å². The second kappa shape index (κ2) is 6.35. The summed E-state index contributed by atoms with van der Waals surface area (Å²) in [7, 11) is 3.99. The molecule has 10 nitrogen and oxygen atoms in total. The second-order valence-electron chi connectivity index (χ2n) is 9.00. The van der Waals surface area contributed by atoms with Crippen molar-refractivity contribution >= 4 is 28.3 Å². The fourth-order valence-corrected chi connectivity index (χ4v) is 3.86. The first-order chi connectivity index (χ1) is 14.2. The molecule has 1 saturated heterocycles. The molecule has 10 heteroatoms. The Bertz CT molecular complexity index is 1240. The molecule has 1 aliphatic heterocycles. The van der Waals surface area contributed by atoms with Crippen molar-refractivity contribution in [2.24, 2.45) is 7.05 Å². The Morgan fingerprint density at radius 2 is 1.87 bits per heavy atom. The quantitative estimate of drug-likeness (QED) is 0.508. The van der Waals surface area contributed by atoms with Gasteiger partial charge in [-0.05, 0) is 19.1 Å². The van der Waals surface area contributed by atoms with Crippen LogP contribution in [0.15, 0.2) is 18.3 Å². The molecule has 30 heavy (non-hydrogen) atoms. The predicted octanol–water partition coefficient (Wildman–Crippen LogP) is 1.73. The van der Waals surface area contributed by atoms with Crippen LogP contribution in [-0.4, -0.2) is 65.7 Å². The summed E-state index contributed by atoms with van der Waals surface area (Å²) >= 11 is 0. The molecule has 0 atom stereocenters. The van der Waals surface area contributed by atoms with Crippen molar-refractivity contribution in [2.45, 2.75) is 39.2 Å². The number of rotatable bonds is 3. The summed E-state index contributed by atoms with van der Waals surface area (Å²) in [6.07, 6.45) is 1.84. The Morgan fingerprint density at radius 1 is 1.10 bits per heavy atom. The van der Waals surface area contributed by atoms with Crippen molar-refractivity contribution in [3.63, 3.8) is 0 Å². The van der Waals surface area contributed by atoms with E-state index in [1.807, 2.05) is 36.8 Å². The third-order valence-corrected chi connectivity index (χ3v) is 5.67. The fraction of sp³-hybridized carbons (Fsp3) is 0.500. The smallest absolute Gasteiger partial charge is 0.178 e. The number of aryl methyl sites for hydroxylation is 2. The molecule has 0 amide bonds. The number of hydrogen-bond acceptors (Lipinski definition) is 8. The van der Waals surface area contributed by atoms with E-state index in [-0.39, 0.29) is 5.41 Å². The lowest BCUT2D eigenvalue weighted by Gasteiger charge is -2.45. The molecular weight excluding hydrogens is 380 g/mol. The molecule has 0 N–H and O–H groups in total. The van der Waals surface area contributed by atoms with Crippen molar-refractivity contribution in [3.8, 4) is 0 Å². The summed E-state index contributed by atoms with van der Waals surface area (Å²) in [6, 6.07) is 4.33. The number of likely N-dealkylation sites (N-methyl/N-ethyl adjacent to an activating group) is 1. The highest BCUT2D eigenvalue weighted by molar-refractivity contribution is 5.87. The topological polar surface area (TPSA) is 93.2 Å². The SMILES string of the molecule is Cc1nc(N(C)C2CN(c3ccc4nnc(C(C)(C)C)n4n3)C2)c2cnn(C)c2n1. The van der Waals surface area contributed by atoms with E-state index in [1.54, 1.807) is 4.68 Å². The summed E-state index contributed by atoms with van der Waals surface area (Å²) in [6.45, 7) is 10.0. The highest BCUT2D eigenvalue weighted by Gasteiger charge is 2.33. The summed E-state index contributed by atoms with van der Waals surface area (Å²) in [5, 5.41) is 18.7. The maximum Gasteiger partial charge on any atom is 0.178 e. The van der Waals surface area contributed by atoms with E-state index in [9.17, 15) is 0 Å². The van der Waals surface area contributed by atoms with Crippen molar-refractivity contribution in [2.75, 3.05) is 29.9 Å². The molecule has 1 fully saturated rings. The zero-order chi connectivity index (χ0) is 21.2. The zero-order valence-corrected chi connectivity index (χ0v) is 18.2. The van der Waals surface area contributed by atoms with E-state index >= 15 is 0 Å². The maximum absolute atomic E-state index is 4.82.